The number of alkyl halides is 2. The van der Waals surface area contributed by atoms with Crippen LogP contribution in [0, 0.1) is 0 Å². The first kappa shape index (κ1) is 10.9. The van der Waals surface area contributed by atoms with Gasteiger partial charge in [0.15, 0.2) is 0 Å². The van der Waals surface area contributed by atoms with E-state index in [9.17, 15) is 13.6 Å². The molecule has 0 saturated carbocycles. The van der Waals surface area contributed by atoms with E-state index in [0.717, 1.165) is 30.6 Å². The zero-order valence-corrected chi connectivity index (χ0v) is 8.59. The number of fused-ring (bicyclic) bond motifs is 1. The van der Waals surface area contributed by atoms with Crippen LogP contribution in [0.15, 0.2) is 18.2 Å². The van der Waals surface area contributed by atoms with Gasteiger partial charge in [0.25, 0.3) is 5.91 Å². The molecule has 0 aromatic heterocycles. The lowest BCUT2D eigenvalue weighted by Gasteiger charge is -2.18. The van der Waals surface area contributed by atoms with Gasteiger partial charge in [0.1, 0.15) is 0 Å². The van der Waals surface area contributed by atoms with E-state index < -0.39 is 12.3 Å². The van der Waals surface area contributed by atoms with Gasteiger partial charge >= 0.3 is 6.43 Å². The third-order valence-electron chi connectivity index (χ3n) is 2.51. The summed E-state index contributed by atoms with van der Waals surface area (Å²) in [6, 6.07) is 5.16. The molecule has 0 atom stereocenters. The molecule has 1 heterocycles. The molecule has 3 nitrogen and oxygen atoms in total. The average Bonchev–Trinajstić information content (AvgIpc) is 2.28. The summed E-state index contributed by atoms with van der Waals surface area (Å²) in [5.74, 6) is -1.26. The monoisotopic (exact) mass is 226 g/mol. The Kier molecular flexibility index (Phi) is 3.03. The number of hydrogen-bond acceptors (Lipinski definition) is 2. The Bertz CT molecular complexity index is 407. The topological polar surface area (TPSA) is 41.1 Å². The van der Waals surface area contributed by atoms with Gasteiger partial charge in [0.05, 0.1) is 0 Å². The minimum absolute atomic E-state index is 0.424. The number of halogens is 2. The van der Waals surface area contributed by atoms with Crippen molar-refractivity contribution in [3.63, 3.8) is 0 Å². The van der Waals surface area contributed by atoms with Crippen LogP contribution >= 0.6 is 0 Å². The highest BCUT2D eigenvalue weighted by Crippen LogP contribution is 2.25. The highest BCUT2D eigenvalue weighted by atomic mass is 19.3. The number of rotatable bonds is 2. The summed E-state index contributed by atoms with van der Waals surface area (Å²) in [6.07, 6.45) is -1.06. The van der Waals surface area contributed by atoms with Crippen molar-refractivity contribution in [2.45, 2.75) is 19.3 Å². The van der Waals surface area contributed by atoms with Gasteiger partial charge in [-0.15, -0.1) is 0 Å². The van der Waals surface area contributed by atoms with Crippen molar-refractivity contribution in [1.82, 2.24) is 0 Å². The lowest BCUT2D eigenvalue weighted by atomic mass is 10.0. The van der Waals surface area contributed by atoms with Crippen LogP contribution < -0.4 is 10.6 Å². The molecular formula is C11H12F2N2O. The number of benzene rings is 1. The second-order valence-electron chi connectivity index (χ2n) is 3.69. The Labute approximate surface area is 91.8 Å². The largest absolute Gasteiger partial charge is 0.385 e. The fraction of sp³-hybridized carbons (Fsp3) is 0.364. The lowest BCUT2D eigenvalue weighted by molar-refractivity contribution is -0.126. The molecule has 0 bridgehead atoms. The number of hydrogen-bond donors (Lipinski definition) is 2. The Balaban J connectivity index is 2.14. The molecule has 5 heteroatoms. The Morgan fingerprint density at radius 2 is 2.25 bits per heavy atom. The van der Waals surface area contributed by atoms with Crippen molar-refractivity contribution in [2.75, 3.05) is 17.2 Å². The molecule has 2 rings (SSSR count). The molecule has 0 unspecified atom stereocenters. The van der Waals surface area contributed by atoms with Crippen LogP contribution in [0.3, 0.4) is 0 Å². The van der Waals surface area contributed by atoms with Crippen LogP contribution in [0.5, 0.6) is 0 Å². The number of nitrogens with one attached hydrogen (secondary N) is 2. The first-order chi connectivity index (χ1) is 7.66. The molecule has 1 aromatic rings. The number of anilines is 2. The third-order valence-corrected chi connectivity index (χ3v) is 2.51. The van der Waals surface area contributed by atoms with Crippen molar-refractivity contribution < 1.29 is 13.6 Å². The molecule has 1 aromatic carbocycles. The highest BCUT2D eigenvalue weighted by Gasteiger charge is 2.16. The van der Waals surface area contributed by atoms with Crippen molar-refractivity contribution >= 4 is 17.3 Å². The summed E-state index contributed by atoms with van der Waals surface area (Å²) in [5, 5.41) is 5.38. The molecule has 16 heavy (non-hydrogen) atoms. The van der Waals surface area contributed by atoms with Crippen molar-refractivity contribution in [1.29, 1.82) is 0 Å². The van der Waals surface area contributed by atoms with E-state index in [1.807, 2.05) is 0 Å². The Hall–Kier alpha value is -1.65. The summed E-state index contributed by atoms with van der Waals surface area (Å²) in [5.41, 5.74) is 2.49. The van der Waals surface area contributed by atoms with Gasteiger partial charge in [0.2, 0.25) is 0 Å². The predicted molar refractivity (Wildman–Crippen MR) is 57.9 cm³/mol. The molecule has 1 aliphatic rings. The molecule has 2 N–H and O–H groups in total. The van der Waals surface area contributed by atoms with Crippen molar-refractivity contribution in [2.24, 2.45) is 0 Å². The van der Waals surface area contributed by atoms with E-state index in [0.29, 0.717) is 5.69 Å². The van der Waals surface area contributed by atoms with Crippen LogP contribution in [0.2, 0.25) is 0 Å². The van der Waals surface area contributed by atoms with E-state index >= 15 is 0 Å². The number of amides is 1. The lowest BCUT2D eigenvalue weighted by Crippen LogP contribution is -2.20. The van der Waals surface area contributed by atoms with Gasteiger partial charge in [-0.2, -0.15) is 8.78 Å². The van der Waals surface area contributed by atoms with E-state index in [1.165, 1.54) is 0 Å². The molecular weight excluding hydrogens is 214 g/mol. The number of carbonyl (C=O) groups excluding carboxylic acids is 1. The van der Waals surface area contributed by atoms with Gasteiger partial charge < -0.3 is 10.6 Å². The fourth-order valence-electron chi connectivity index (χ4n) is 1.75. The number of aryl methyl sites for hydroxylation is 1. The molecule has 0 spiro atoms. The first-order valence-corrected chi connectivity index (χ1v) is 5.12. The predicted octanol–water partition coefficient (Wildman–Crippen LogP) is 2.25. The van der Waals surface area contributed by atoms with Gasteiger partial charge in [0, 0.05) is 17.9 Å². The zero-order chi connectivity index (χ0) is 11.5. The van der Waals surface area contributed by atoms with Gasteiger partial charge in [-0.25, -0.2) is 0 Å². The summed E-state index contributed by atoms with van der Waals surface area (Å²) in [6.45, 7) is 0.926. The van der Waals surface area contributed by atoms with E-state index in [4.69, 9.17) is 0 Å². The standard InChI is InChI=1S/C11H12F2N2O/c12-10(13)11(16)15-8-3-4-9-7(6-8)2-1-5-14-9/h3-4,6,10,14H,1-2,5H2,(H,15,16). The minimum Gasteiger partial charge on any atom is -0.385 e. The molecule has 86 valence electrons. The van der Waals surface area contributed by atoms with E-state index in [2.05, 4.69) is 10.6 Å². The van der Waals surface area contributed by atoms with E-state index in [1.54, 1.807) is 18.2 Å². The number of carbonyl (C=O) groups is 1. The van der Waals surface area contributed by atoms with Crippen LogP contribution in [-0.2, 0) is 11.2 Å². The third kappa shape index (κ3) is 2.29. The highest BCUT2D eigenvalue weighted by molar-refractivity contribution is 5.93. The molecule has 1 amide bonds. The van der Waals surface area contributed by atoms with E-state index in [-0.39, 0.29) is 0 Å². The minimum atomic E-state index is -2.98. The summed E-state index contributed by atoms with van der Waals surface area (Å²) < 4.78 is 24.1. The molecule has 0 radical (unpaired) electrons. The molecule has 1 aliphatic heterocycles. The van der Waals surface area contributed by atoms with Crippen molar-refractivity contribution in [3.8, 4) is 0 Å². The van der Waals surface area contributed by atoms with Crippen LogP contribution in [-0.4, -0.2) is 18.9 Å². The Morgan fingerprint density at radius 1 is 1.44 bits per heavy atom. The molecule has 0 aliphatic carbocycles. The average molecular weight is 226 g/mol. The first-order valence-electron chi connectivity index (χ1n) is 5.12. The van der Waals surface area contributed by atoms with Gasteiger partial charge in [-0.3, -0.25) is 4.79 Å². The quantitative estimate of drug-likeness (QED) is 0.812. The molecule has 0 saturated heterocycles. The maximum atomic E-state index is 12.0. The molecule has 0 fully saturated rings. The fourth-order valence-corrected chi connectivity index (χ4v) is 1.75. The normalized spacial score (nSPS) is 14.2. The second-order valence-corrected chi connectivity index (χ2v) is 3.69. The van der Waals surface area contributed by atoms with Gasteiger partial charge in [-0.05, 0) is 36.6 Å². The van der Waals surface area contributed by atoms with Crippen molar-refractivity contribution in [3.05, 3.63) is 23.8 Å². The summed E-state index contributed by atoms with van der Waals surface area (Å²) in [7, 11) is 0. The second kappa shape index (κ2) is 4.47. The SMILES string of the molecule is O=C(Nc1ccc2c(c1)CCCN2)C(F)F. The Morgan fingerprint density at radius 3 is 3.00 bits per heavy atom. The van der Waals surface area contributed by atoms with Gasteiger partial charge in [-0.1, -0.05) is 0 Å². The maximum absolute atomic E-state index is 12.0. The van der Waals surface area contributed by atoms with Crippen LogP contribution in [0.4, 0.5) is 20.2 Å². The maximum Gasteiger partial charge on any atom is 0.315 e. The smallest absolute Gasteiger partial charge is 0.315 e. The summed E-state index contributed by atoms with van der Waals surface area (Å²) in [4.78, 5) is 10.8. The van der Waals surface area contributed by atoms with Crippen LogP contribution in [0.1, 0.15) is 12.0 Å². The summed E-state index contributed by atoms with van der Waals surface area (Å²) >= 11 is 0. The zero-order valence-electron chi connectivity index (χ0n) is 8.59. The van der Waals surface area contributed by atoms with Crippen LogP contribution in [0.25, 0.3) is 0 Å².